The minimum Gasteiger partial charge on any atom is -0.459 e. The number of carbonyl (C=O) groups is 1. The molecule has 0 saturated carbocycles. The van der Waals surface area contributed by atoms with Crippen molar-refractivity contribution in [2.75, 3.05) is 16.6 Å². The summed E-state index contributed by atoms with van der Waals surface area (Å²) < 4.78 is 33.4. The first kappa shape index (κ1) is 23.2. The Kier molecular flexibility index (Phi) is 6.41. The average Bonchev–Trinajstić information content (AvgIpc) is 2.64. The fourth-order valence-electron chi connectivity index (χ4n) is 3.06. The number of esters is 1. The third-order valence-electron chi connectivity index (χ3n) is 4.30. The maximum atomic E-state index is 13.5. The van der Waals surface area contributed by atoms with Crippen LogP contribution in [0.3, 0.4) is 0 Å². The van der Waals surface area contributed by atoms with Gasteiger partial charge in [-0.05, 0) is 62.6 Å². The molecule has 0 unspecified atom stereocenters. The van der Waals surface area contributed by atoms with Gasteiger partial charge < -0.3 is 10.5 Å². The zero-order chi connectivity index (χ0) is 23.0. The van der Waals surface area contributed by atoms with Crippen molar-refractivity contribution >= 4 is 61.3 Å². The van der Waals surface area contributed by atoms with Crippen molar-refractivity contribution in [2.45, 2.75) is 31.3 Å². The number of ether oxygens (including phenoxy) is 1. The van der Waals surface area contributed by atoms with E-state index in [0.29, 0.717) is 5.69 Å². The highest BCUT2D eigenvalue weighted by Crippen LogP contribution is 2.31. The Morgan fingerprint density at radius 3 is 2.29 bits per heavy atom. The standard InChI is InChI=1S/C22H22Cl2N2O4S/c1-22(2,3)30-21(27)13-26(31(28,29)18-11-15(23)10-16(24)12-18)17-7-8-19-14(9-17)5-4-6-20(19)25/h4-12H,13,25H2,1-3H3. The van der Waals surface area contributed by atoms with Crippen LogP contribution in [-0.2, 0) is 19.6 Å². The molecule has 0 fully saturated rings. The summed E-state index contributed by atoms with van der Waals surface area (Å²) in [6, 6.07) is 14.3. The maximum absolute atomic E-state index is 13.5. The van der Waals surface area contributed by atoms with E-state index in [9.17, 15) is 13.2 Å². The average molecular weight is 481 g/mol. The lowest BCUT2D eigenvalue weighted by atomic mass is 10.1. The molecule has 3 aromatic carbocycles. The zero-order valence-electron chi connectivity index (χ0n) is 17.2. The predicted octanol–water partition coefficient (Wildman–Crippen LogP) is 5.27. The second-order valence-corrected chi connectivity index (χ2v) is 10.7. The van der Waals surface area contributed by atoms with Gasteiger partial charge in [0.25, 0.3) is 10.0 Å². The second-order valence-electron chi connectivity index (χ2n) is 7.96. The Labute approximate surface area is 191 Å². The van der Waals surface area contributed by atoms with Crippen LogP contribution < -0.4 is 10.0 Å². The van der Waals surface area contributed by atoms with Gasteiger partial charge in [-0.1, -0.05) is 41.4 Å². The quantitative estimate of drug-likeness (QED) is 0.396. The number of halogens is 2. The molecule has 164 valence electrons. The van der Waals surface area contributed by atoms with Gasteiger partial charge in [0, 0.05) is 21.1 Å². The molecular formula is C22H22Cl2N2O4S. The molecule has 0 radical (unpaired) electrons. The van der Waals surface area contributed by atoms with E-state index in [1.54, 1.807) is 51.1 Å². The van der Waals surface area contributed by atoms with Crippen molar-refractivity contribution in [2.24, 2.45) is 0 Å². The minimum absolute atomic E-state index is 0.138. The molecule has 0 atom stereocenters. The smallest absolute Gasteiger partial charge is 0.327 e. The number of sulfonamides is 1. The number of hydrogen-bond donors (Lipinski definition) is 1. The molecule has 0 heterocycles. The maximum Gasteiger partial charge on any atom is 0.327 e. The molecule has 0 saturated heterocycles. The molecule has 0 aliphatic rings. The van der Waals surface area contributed by atoms with Crippen LogP contribution in [-0.4, -0.2) is 26.5 Å². The van der Waals surface area contributed by atoms with E-state index in [1.165, 1.54) is 18.2 Å². The van der Waals surface area contributed by atoms with Crippen LogP contribution in [0.2, 0.25) is 10.0 Å². The number of fused-ring (bicyclic) bond motifs is 1. The molecule has 31 heavy (non-hydrogen) atoms. The van der Waals surface area contributed by atoms with Crippen molar-refractivity contribution in [1.82, 2.24) is 0 Å². The highest BCUT2D eigenvalue weighted by molar-refractivity contribution is 7.92. The molecule has 3 rings (SSSR count). The number of benzene rings is 3. The molecule has 0 aliphatic heterocycles. The highest BCUT2D eigenvalue weighted by atomic mass is 35.5. The van der Waals surface area contributed by atoms with E-state index in [1.807, 2.05) is 6.07 Å². The van der Waals surface area contributed by atoms with Crippen molar-refractivity contribution in [3.63, 3.8) is 0 Å². The van der Waals surface area contributed by atoms with Crippen LogP contribution in [0.4, 0.5) is 11.4 Å². The minimum atomic E-state index is -4.20. The Morgan fingerprint density at radius 1 is 1.03 bits per heavy atom. The largest absolute Gasteiger partial charge is 0.459 e. The lowest BCUT2D eigenvalue weighted by Crippen LogP contribution is -2.39. The van der Waals surface area contributed by atoms with Crippen LogP contribution in [0.1, 0.15) is 20.8 Å². The van der Waals surface area contributed by atoms with Crippen molar-refractivity contribution in [3.05, 3.63) is 64.6 Å². The second kappa shape index (κ2) is 8.57. The van der Waals surface area contributed by atoms with Crippen molar-refractivity contribution in [1.29, 1.82) is 0 Å². The van der Waals surface area contributed by atoms with Crippen LogP contribution in [0.25, 0.3) is 10.8 Å². The van der Waals surface area contributed by atoms with Gasteiger partial charge in [0.05, 0.1) is 10.6 Å². The molecular weight excluding hydrogens is 459 g/mol. The van der Waals surface area contributed by atoms with Gasteiger partial charge in [0.2, 0.25) is 0 Å². The van der Waals surface area contributed by atoms with E-state index in [0.717, 1.165) is 15.1 Å². The van der Waals surface area contributed by atoms with Gasteiger partial charge in [-0.3, -0.25) is 9.10 Å². The summed E-state index contributed by atoms with van der Waals surface area (Å²) in [5.74, 6) is -0.697. The van der Waals surface area contributed by atoms with Gasteiger partial charge in [0.15, 0.2) is 0 Å². The third-order valence-corrected chi connectivity index (χ3v) is 6.49. The van der Waals surface area contributed by atoms with E-state index >= 15 is 0 Å². The van der Waals surface area contributed by atoms with Crippen LogP contribution in [0.5, 0.6) is 0 Å². The first-order valence-corrected chi connectivity index (χ1v) is 11.6. The molecule has 2 N–H and O–H groups in total. The number of nitrogen functional groups attached to an aromatic ring is 1. The Bertz CT molecular complexity index is 1230. The highest BCUT2D eigenvalue weighted by Gasteiger charge is 2.30. The Morgan fingerprint density at radius 2 is 1.68 bits per heavy atom. The summed E-state index contributed by atoms with van der Waals surface area (Å²) in [6.07, 6.45) is 0. The summed E-state index contributed by atoms with van der Waals surface area (Å²) in [7, 11) is -4.20. The number of hydrogen-bond acceptors (Lipinski definition) is 5. The summed E-state index contributed by atoms with van der Waals surface area (Å²) in [4.78, 5) is 12.4. The Balaban J connectivity index is 2.13. The van der Waals surface area contributed by atoms with Crippen LogP contribution >= 0.6 is 23.2 Å². The van der Waals surface area contributed by atoms with Gasteiger partial charge in [0.1, 0.15) is 12.1 Å². The predicted molar refractivity (Wildman–Crippen MR) is 125 cm³/mol. The number of rotatable bonds is 5. The lowest BCUT2D eigenvalue weighted by Gasteiger charge is -2.26. The van der Waals surface area contributed by atoms with Crippen LogP contribution in [0.15, 0.2) is 59.5 Å². The zero-order valence-corrected chi connectivity index (χ0v) is 19.6. The summed E-state index contributed by atoms with van der Waals surface area (Å²) in [5, 5.41) is 1.82. The first-order valence-electron chi connectivity index (χ1n) is 9.36. The molecule has 0 bridgehead atoms. The molecule has 9 heteroatoms. The summed E-state index contributed by atoms with van der Waals surface area (Å²) in [5.41, 5.74) is 6.07. The topological polar surface area (TPSA) is 89.7 Å². The lowest BCUT2D eigenvalue weighted by molar-refractivity contribution is -0.152. The summed E-state index contributed by atoms with van der Waals surface area (Å²) >= 11 is 12.0. The van der Waals surface area contributed by atoms with Crippen LogP contribution in [0, 0.1) is 0 Å². The number of nitrogens with two attached hydrogens (primary N) is 1. The number of anilines is 2. The normalized spacial score (nSPS) is 12.0. The molecule has 6 nitrogen and oxygen atoms in total. The van der Waals surface area contributed by atoms with Gasteiger partial charge >= 0.3 is 5.97 Å². The van der Waals surface area contributed by atoms with E-state index in [2.05, 4.69) is 0 Å². The fraction of sp³-hybridized carbons (Fsp3) is 0.227. The van der Waals surface area contributed by atoms with E-state index in [4.69, 9.17) is 33.7 Å². The SMILES string of the molecule is CC(C)(C)OC(=O)CN(c1ccc2c(N)cccc2c1)S(=O)(=O)c1cc(Cl)cc(Cl)c1. The fourth-order valence-corrected chi connectivity index (χ4v) is 5.19. The first-order chi connectivity index (χ1) is 14.4. The third kappa shape index (κ3) is 5.42. The molecule has 3 aromatic rings. The van der Waals surface area contributed by atoms with Crippen molar-refractivity contribution < 1.29 is 17.9 Å². The summed E-state index contributed by atoms with van der Waals surface area (Å²) in [6.45, 7) is 4.59. The van der Waals surface area contributed by atoms with Gasteiger partial charge in [-0.2, -0.15) is 0 Å². The van der Waals surface area contributed by atoms with E-state index in [-0.39, 0.29) is 20.6 Å². The number of nitrogens with zero attached hydrogens (tertiary/aromatic N) is 1. The van der Waals surface area contributed by atoms with Gasteiger partial charge in [-0.25, -0.2) is 8.42 Å². The van der Waals surface area contributed by atoms with E-state index < -0.39 is 28.1 Å². The Hall–Kier alpha value is -2.48. The number of carbonyl (C=O) groups excluding carboxylic acids is 1. The monoisotopic (exact) mass is 480 g/mol. The van der Waals surface area contributed by atoms with Gasteiger partial charge in [-0.15, -0.1) is 0 Å². The molecule has 0 aromatic heterocycles. The molecule has 0 amide bonds. The molecule has 0 aliphatic carbocycles. The molecule has 0 spiro atoms. The van der Waals surface area contributed by atoms with Crippen molar-refractivity contribution in [3.8, 4) is 0 Å².